The maximum Gasteiger partial charge on any atom is 0.269 e. The minimum Gasteiger partial charge on any atom is -0.399 e. The summed E-state index contributed by atoms with van der Waals surface area (Å²) in [6.45, 7) is 7.89. The predicted molar refractivity (Wildman–Crippen MR) is 153 cm³/mol. The first-order chi connectivity index (χ1) is 19.0. The van der Waals surface area contributed by atoms with E-state index >= 15 is 0 Å². The molecule has 9 heteroatoms. The lowest BCUT2D eigenvalue weighted by Crippen LogP contribution is -2.56. The van der Waals surface area contributed by atoms with Crippen molar-refractivity contribution in [1.82, 2.24) is 0 Å². The first kappa shape index (κ1) is 27.7. The van der Waals surface area contributed by atoms with Crippen LogP contribution in [0.25, 0.3) is 0 Å². The van der Waals surface area contributed by atoms with Crippen LogP contribution in [0, 0.1) is 10.1 Å². The third kappa shape index (κ3) is 7.01. The number of benzene rings is 2. The molecule has 5 saturated heterocycles. The van der Waals surface area contributed by atoms with Crippen LogP contribution in [0.4, 0.5) is 22.7 Å². The van der Waals surface area contributed by atoms with Crippen molar-refractivity contribution < 1.29 is 19.1 Å². The number of non-ortho nitro benzene ring substituents is 1. The number of nitrogen functional groups attached to an aromatic ring is 1. The molecule has 5 aliphatic rings. The summed E-state index contributed by atoms with van der Waals surface area (Å²) < 4.78 is 16.4. The molecule has 7 rings (SSSR count). The molecule has 0 amide bonds. The molecular weight excluding hydrogens is 496 g/mol. The molecule has 0 aromatic heterocycles. The third-order valence-corrected chi connectivity index (χ3v) is 8.52. The van der Waals surface area contributed by atoms with Crippen LogP contribution in [0.3, 0.4) is 0 Å². The highest BCUT2D eigenvalue weighted by Crippen LogP contribution is 2.38. The number of ether oxygens (including phenoxy) is 3. The Hall–Kier alpha value is -2.88. The minimum absolute atomic E-state index is 0.0556. The van der Waals surface area contributed by atoms with E-state index in [0.29, 0.717) is 0 Å². The van der Waals surface area contributed by atoms with Gasteiger partial charge < -0.3 is 29.7 Å². The number of nitro benzene ring substituents is 1. The molecule has 0 unspecified atom stereocenters. The van der Waals surface area contributed by atoms with Crippen LogP contribution in [-0.4, -0.2) is 68.7 Å². The lowest BCUT2D eigenvalue weighted by atomic mass is 9.85. The molecular formula is C30H42N4O5. The monoisotopic (exact) mass is 538 g/mol. The molecule has 39 heavy (non-hydrogen) atoms. The van der Waals surface area contributed by atoms with E-state index in [1.165, 1.54) is 37.8 Å². The summed E-state index contributed by atoms with van der Waals surface area (Å²) in [5.74, 6) is 0. The van der Waals surface area contributed by atoms with Gasteiger partial charge in [0.2, 0.25) is 0 Å². The van der Waals surface area contributed by atoms with Gasteiger partial charge in [0.05, 0.1) is 29.3 Å². The first-order valence-corrected chi connectivity index (χ1v) is 14.4. The summed E-state index contributed by atoms with van der Waals surface area (Å²) in [4.78, 5) is 14.9. The lowest BCUT2D eigenvalue weighted by Gasteiger charge is -2.49. The van der Waals surface area contributed by atoms with Gasteiger partial charge >= 0.3 is 0 Å². The Morgan fingerprint density at radius 2 is 1.15 bits per heavy atom. The summed E-state index contributed by atoms with van der Waals surface area (Å²) >= 11 is 0. The van der Waals surface area contributed by atoms with E-state index in [4.69, 9.17) is 19.9 Å². The Labute approximate surface area is 231 Å². The largest absolute Gasteiger partial charge is 0.399 e. The zero-order chi connectivity index (χ0) is 27.1. The number of rotatable bonds is 3. The highest BCUT2D eigenvalue weighted by Gasteiger charge is 2.43. The summed E-state index contributed by atoms with van der Waals surface area (Å²) in [5.41, 5.74) is 9.22. The van der Waals surface area contributed by atoms with E-state index in [9.17, 15) is 10.1 Å². The van der Waals surface area contributed by atoms with E-state index < -0.39 is 0 Å². The average Bonchev–Trinajstić information content (AvgIpc) is 3.53. The molecule has 5 fully saturated rings. The minimum atomic E-state index is -0.365. The Balaban J connectivity index is 0.000000135. The van der Waals surface area contributed by atoms with E-state index in [1.807, 2.05) is 24.3 Å². The second kappa shape index (κ2) is 12.5. The van der Waals surface area contributed by atoms with E-state index in [2.05, 4.69) is 21.9 Å². The molecule has 0 radical (unpaired) electrons. The van der Waals surface area contributed by atoms with Crippen LogP contribution in [0.2, 0.25) is 0 Å². The zero-order valence-electron chi connectivity index (χ0n) is 22.9. The fourth-order valence-electron chi connectivity index (χ4n) is 6.04. The maximum absolute atomic E-state index is 10.6. The highest BCUT2D eigenvalue weighted by atomic mass is 16.6. The van der Waals surface area contributed by atoms with Crippen LogP contribution in [0.15, 0.2) is 48.5 Å². The summed E-state index contributed by atoms with van der Waals surface area (Å²) in [7, 11) is 0. The van der Waals surface area contributed by atoms with Gasteiger partial charge in [0.25, 0.3) is 5.69 Å². The number of hydrogen-bond donors (Lipinski definition) is 1. The molecule has 0 bridgehead atoms. The molecule has 2 N–H and O–H groups in total. The fraction of sp³-hybridized carbons (Fsp3) is 0.600. The molecule has 2 aromatic carbocycles. The highest BCUT2D eigenvalue weighted by molar-refractivity contribution is 5.54. The summed E-state index contributed by atoms with van der Waals surface area (Å²) in [6, 6.07) is 14.9. The molecule has 0 saturated carbocycles. The van der Waals surface area contributed by atoms with Crippen molar-refractivity contribution in [2.24, 2.45) is 0 Å². The Bertz CT molecular complexity index is 1060. The number of piperidine rings is 2. The quantitative estimate of drug-likeness (QED) is 0.324. The van der Waals surface area contributed by atoms with Crippen molar-refractivity contribution in [2.45, 2.75) is 62.6 Å². The fourth-order valence-corrected chi connectivity index (χ4v) is 6.04. The van der Waals surface area contributed by atoms with Crippen molar-refractivity contribution in [3.05, 3.63) is 58.6 Å². The van der Waals surface area contributed by atoms with Gasteiger partial charge in [-0.25, -0.2) is 0 Å². The van der Waals surface area contributed by atoms with Crippen LogP contribution < -0.4 is 15.5 Å². The maximum atomic E-state index is 10.6. The second-order valence-electron chi connectivity index (χ2n) is 11.3. The van der Waals surface area contributed by atoms with Crippen LogP contribution >= 0.6 is 0 Å². The number of nitrogens with two attached hydrogens (primary N) is 1. The molecule has 2 aromatic rings. The standard InChI is InChI=1S/C13H16N2O3.C13H18N2O.C4H8O/c16-15(17)12-4-2-11(3-5-12)14-8-1-6-13(10-14)7-9-18-13;14-11-2-4-12(5-3-11)15-8-1-6-13(10-15)7-9-16-13;1-2-4-5-3-1/h2-5H,1,6-10H2;2-5H,1,6-10,14H2;1-4H2/t2*13-;/m00./s1. The van der Waals surface area contributed by atoms with Gasteiger partial charge in [-0.05, 0) is 74.9 Å². The molecule has 5 heterocycles. The number of nitro groups is 1. The second-order valence-corrected chi connectivity index (χ2v) is 11.3. The van der Waals surface area contributed by atoms with Gasteiger partial charge in [0, 0.05) is 81.4 Å². The van der Waals surface area contributed by atoms with Crippen LogP contribution in [0.5, 0.6) is 0 Å². The van der Waals surface area contributed by atoms with Gasteiger partial charge in [-0.1, -0.05) is 0 Å². The normalized spacial score (nSPS) is 27.5. The van der Waals surface area contributed by atoms with Crippen molar-refractivity contribution in [1.29, 1.82) is 0 Å². The van der Waals surface area contributed by atoms with E-state index in [0.717, 1.165) is 83.2 Å². The van der Waals surface area contributed by atoms with Crippen molar-refractivity contribution >= 4 is 22.7 Å². The number of nitrogens with zero attached hydrogens (tertiary/aromatic N) is 3. The molecule has 2 atom stereocenters. The molecule has 0 aliphatic carbocycles. The topological polar surface area (TPSA) is 103 Å². The van der Waals surface area contributed by atoms with Gasteiger partial charge in [0.1, 0.15) is 0 Å². The van der Waals surface area contributed by atoms with Crippen LogP contribution in [0.1, 0.15) is 51.4 Å². The van der Waals surface area contributed by atoms with Gasteiger partial charge in [-0.3, -0.25) is 10.1 Å². The van der Waals surface area contributed by atoms with E-state index in [1.54, 1.807) is 12.1 Å². The molecule has 212 valence electrons. The Morgan fingerprint density at radius 1 is 0.692 bits per heavy atom. The molecule has 2 spiro atoms. The third-order valence-electron chi connectivity index (χ3n) is 8.52. The van der Waals surface area contributed by atoms with Crippen molar-refractivity contribution in [3.8, 4) is 0 Å². The summed E-state index contributed by atoms with van der Waals surface area (Å²) in [6.07, 6.45) is 9.62. The van der Waals surface area contributed by atoms with Crippen molar-refractivity contribution in [2.75, 3.05) is 68.1 Å². The van der Waals surface area contributed by atoms with Crippen LogP contribution in [-0.2, 0) is 14.2 Å². The van der Waals surface area contributed by atoms with E-state index in [-0.39, 0.29) is 21.8 Å². The number of anilines is 3. The molecule has 9 nitrogen and oxygen atoms in total. The van der Waals surface area contributed by atoms with Gasteiger partial charge in [-0.15, -0.1) is 0 Å². The molecule has 5 aliphatic heterocycles. The Morgan fingerprint density at radius 3 is 1.51 bits per heavy atom. The lowest BCUT2D eigenvalue weighted by molar-refractivity contribution is -0.384. The average molecular weight is 539 g/mol. The van der Waals surface area contributed by atoms with Gasteiger partial charge in [0.15, 0.2) is 0 Å². The summed E-state index contributed by atoms with van der Waals surface area (Å²) in [5, 5.41) is 10.6. The van der Waals surface area contributed by atoms with Gasteiger partial charge in [-0.2, -0.15) is 0 Å². The first-order valence-electron chi connectivity index (χ1n) is 14.4. The predicted octanol–water partition coefficient (Wildman–Crippen LogP) is 5.18. The Kier molecular flexibility index (Phi) is 8.89. The smallest absolute Gasteiger partial charge is 0.269 e. The SMILES string of the molecule is C1CCOC1.Nc1ccc(N2CCC[C@]3(CCO3)C2)cc1.O=[N+]([O-])c1ccc(N2CCC[C@]3(CCO3)C2)cc1. The van der Waals surface area contributed by atoms with Crippen molar-refractivity contribution in [3.63, 3.8) is 0 Å². The number of hydrogen-bond acceptors (Lipinski definition) is 8. The zero-order valence-corrected chi connectivity index (χ0v) is 22.9.